The summed E-state index contributed by atoms with van der Waals surface area (Å²) in [4.78, 5) is 11.8. The molecule has 3 aromatic rings. The van der Waals surface area contributed by atoms with Crippen LogP contribution in [0.4, 0.5) is 4.39 Å². The predicted molar refractivity (Wildman–Crippen MR) is 93.3 cm³/mol. The monoisotopic (exact) mass is 318 g/mol. The quantitative estimate of drug-likeness (QED) is 0.567. The lowest BCUT2D eigenvalue weighted by molar-refractivity contribution is 0.0955. The first-order valence-corrected chi connectivity index (χ1v) is 7.47. The molecule has 0 bridgehead atoms. The number of hydrogen-bond donors (Lipinski definition) is 1. The summed E-state index contributed by atoms with van der Waals surface area (Å²) in [5, 5.41) is 3.92. The molecule has 3 nitrogen and oxygen atoms in total. The van der Waals surface area contributed by atoms with Gasteiger partial charge in [-0.05, 0) is 41.0 Å². The number of nitrogens with zero attached hydrogens (tertiary/aromatic N) is 1. The average Bonchev–Trinajstić information content (AvgIpc) is 2.63. The molecule has 0 aliphatic carbocycles. The molecule has 0 aliphatic rings. The highest BCUT2D eigenvalue weighted by Crippen LogP contribution is 2.18. The molecule has 0 aromatic heterocycles. The zero-order valence-corrected chi connectivity index (χ0v) is 12.8. The fourth-order valence-electron chi connectivity index (χ4n) is 2.22. The molecule has 3 aromatic carbocycles. The molecule has 24 heavy (non-hydrogen) atoms. The van der Waals surface area contributed by atoms with Gasteiger partial charge in [0.2, 0.25) is 0 Å². The molecule has 118 valence electrons. The molecule has 0 spiro atoms. The van der Waals surface area contributed by atoms with Crippen LogP contribution >= 0.6 is 0 Å². The second kappa shape index (κ2) is 7.33. The van der Waals surface area contributed by atoms with Crippen molar-refractivity contribution in [2.75, 3.05) is 0 Å². The molecule has 0 unspecified atom stereocenters. The molecule has 0 aliphatic heterocycles. The Morgan fingerprint density at radius 2 is 1.46 bits per heavy atom. The van der Waals surface area contributed by atoms with E-state index in [9.17, 15) is 9.18 Å². The molecular weight excluding hydrogens is 303 g/mol. The van der Waals surface area contributed by atoms with Gasteiger partial charge in [0.05, 0.1) is 6.21 Å². The van der Waals surface area contributed by atoms with Crippen molar-refractivity contribution in [1.29, 1.82) is 0 Å². The number of carbonyl (C=O) groups is 1. The third-order valence-corrected chi connectivity index (χ3v) is 3.50. The van der Waals surface area contributed by atoms with Crippen LogP contribution in [-0.2, 0) is 0 Å². The van der Waals surface area contributed by atoms with E-state index in [1.54, 1.807) is 6.21 Å². The number of halogens is 1. The van der Waals surface area contributed by atoms with Gasteiger partial charge in [-0.2, -0.15) is 5.10 Å². The van der Waals surface area contributed by atoms with Crippen molar-refractivity contribution in [1.82, 2.24) is 5.43 Å². The van der Waals surface area contributed by atoms with Gasteiger partial charge in [0, 0.05) is 5.56 Å². The van der Waals surface area contributed by atoms with E-state index in [2.05, 4.69) is 10.5 Å². The van der Waals surface area contributed by atoms with Gasteiger partial charge in [-0.15, -0.1) is 0 Å². The van der Waals surface area contributed by atoms with Crippen LogP contribution in [0.1, 0.15) is 15.9 Å². The van der Waals surface area contributed by atoms with Crippen molar-refractivity contribution >= 4 is 12.1 Å². The maximum Gasteiger partial charge on any atom is 0.271 e. The van der Waals surface area contributed by atoms with E-state index in [0.29, 0.717) is 5.56 Å². The Bertz CT molecular complexity index is 841. The van der Waals surface area contributed by atoms with Gasteiger partial charge in [0.1, 0.15) is 5.82 Å². The molecule has 0 saturated heterocycles. The van der Waals surface area contributed by atoms with E-state index in [4.69, 9.17) is 0 Å². The topological polar surface area (TPSA) is 41.5 Å². The van der Waals surface area contributed by atoms with Crippen molar-refractivity contribution in [2.24, 2.45) is 5.10 Å². The third-order valence-electron chi connectivity index (χ3n) is 3.50. The molecule has 1 N–H and O–H groups in total. The fourth-order valence-corrected chi connectivity index (χ4v) is 2.22. The minimum Gasteiger partial charge on any atom is -0.267 e. The van der Waals surface area contributed by atoms with E-state index in [1.165, 1.54) is 24.3 Å². The second-order valence-electron chi connectivity index (χ2n) is 5.19. The van der Waals surface area contributed by atoms with E-state index in [0.717, 1.165) is 16.7 Å². The first-order valence-electron chi connectivity index (χ1n) is 7.47. The van der Waals surface area contributed by atoms with Crippen LogP contribution in [0.3, 0.4) is 0 Å². The number of amides is 1. The zero-order chi connectivity index (χ0) is 16.8. The first-order chi connectivity index (χ1) is 11.7. The van der Waals surface area contributed by atoms with Gasteiger partial charge in [-0.1, -0.05) is 54.6 Å². The Hall–Kier alpha value is -3.27. The molecular formula is C20H15FN2O. The van der Waals surface area contributed by atoms with Crippen LogP contribution < -0.4 is 5.43 Å². The van der Waals surface area contributed by atoms with Gasteiger partial charge in [0.25, 0.3) is 5.91 Å². The van der Waals surface area contributed by atoms with Crippen LogP contribution in [0, 0.1) is 5.82 Å². The minimum absolute atomic E-state index is 0.355. The van der Waals surface area contributed by atoms with Gasteiger partial charge in [0.15, 0.2) is 0 Å². The van der Waals surface area contributed by atoms with Gasteiger partial charge in [-0.3, -0.25) is 4.79 Å². The number of hydrazone groups is 1. The summed E-state index contributed by atoms with van der Waals surface area (Å²) >= 11 is 0. The standard InChI is InChI=1S/C20H15FN2O/c21-19-12-10-18(11-13-19)20(24)23-22-14-15-6-8-17(9-7-15)16-4-2-1-3-5-16/h1-14H,(H,23,24). The highest BCUT2D eigenvalue weighted by atomic mass is 19.1. The molecule has 3 rings (SSSR count). The predicted octanol–water partition coefficient (Wildman–Crippen LogP) is 4.26. The maximum absolute atomic E-state index is 12.8. The smallest absolute Gasteiger partial charge is 0.267 e. The Morgan fingerprint density at radius 1 is 0.833 bits per heavy atom. The van der Waals surface area contributed by atoms with E-state index >= 15 is 0 Å². The number of rotatable bonds is 4. The van der Waals surface area contributed by atoms with Crippen LogP contribution in [0.2, 0.25) is 0 Å². The molecule has 0 fully saturated rings. The highest BCUT2D eigenvalue weighted by Gasteiger charge is 2.03. The van der Waals surface area contributed by atoms with Crippen molar-refractivity contribution in [3.63, 3.8) is 0 Å². The normalized spacial score (nSPS) is 10.7. The summed E-state index contributed by atoms with van der Waals surface area (Å²) in [6, 6.07) is 23.2. The molecule has 4 heteroatoms. The molecule has 0 radical (unpaired) electrons. The van der Waals surface area contributed by atoms with Crippen molar-refractivity contribution in [3.05, 3.63) is 95.8 Å². The van der Waals surface area contributed by atoms with E-state index in [1.807, 2.05) is 54.6 Å². The van der Waals surface area contributed by atoms with Crippen LogP contribution in [0.15, 0.2) is 84.0 Å². The number of nitrogens with one attached hydrogen (secondary N) is 1. The average molecular weight is 318 g/mol. The largest absolute Gasteiger partial charge is 0.271 e. The van der Waals surface area contributed by atoms with Crippen molar-refractivity contribution in [2.45, 2.75) is 0 Å². The number of hydrogen-bond acceptors (Lipinski definition) is 2. The van der Waals surface area contributed by atoms with E-state index < -0.39 is 0 Å². The molecule has 0 saturated carbocycles. The Balaban J connectivity index is 1.62. The SMILES string of the molecule is O=C(NN=Cc1ccc(-c2ccccc2)cc1)c1ccc(F)cc1. The zero-order valence-electron chi connectivity index (χ0n) is 12.8. The Labute approximate surface area is 139 Å². The maximum atomic E-state index is 12.8. The molecule has 1 amide bonds. The lowest BCUT2D eigenvalue weighted by atomic mass is 10.0. The Morgan fingerprint density at radius 3 is 2.12 bits per heavy atom. The summed E-state index contributed by atoms with van der Waals surface area (Å²) in [5.41, 5.74) is 5.90. The van der Waals surface area contributed by atoms with Gasteiger partial charge in [-0.25, -0.2) is 9.82 Å². The summed E-state index contributed by atoms with van der Waals surface area (Å²) < 4.78 is 12.8. The van der Waals surface area contributed by atoms with E-state index in [-0.39, 0.29) is 11.7 Å². The van der Waals surface area contributed by atoms with Gasteiger partial charge >= 0.3 is 0 Å². The first kappa shape index (κ1) is 15.6. The highest BCUT2D eigenvalue weighted by molar-refractivity contribution is 5.94. The summed E-state index contributed by atoms with van der Waals surface area (Å²) in [6.45, 7) is 0. The Kier molecular flexibility index (Phi) is 4.77. The number of benzene rings is 3. The lowest BCUT2D eigenvalue weighted by Crippen LogP contribution is -2.17. The summed E-state index contributed by atoms with van der Waals surface area (Å²) in [5.74, 6) is -0.763. The lowest BCUT2D eigenvalue weighted by Gasteiger charge is -2.02. The fraction of sp³-hybridized carbons (Fsp3) is 0. The van der Waals surface area contributed by atoms with Crippen LogP contribution in [0.5, 0.6) is 0 Å². The minimum atomic E-state index is -0.382. The summed E-state index contributed by atoms with van der Waals surface area (Å²) in [7, 11) is 0. The molecule has 0 heterocycles. The number of carbonyl (C=O) groups excluding carboxylic acids is 1. The second-order valence-corrected chi connectivity index (χ2v) is 5.19. The van der Waals surface area contributed by atoms with Gasteiger partial charge < -0.3 is 0 Å². The summed E-state index contributed by atoms with van der Waals surface area (Å²) in [6.07, 6.45) is 1.57. The van der Waals surface area contributed by atoms with Crippen molar-refractivity contribution in [3.8, 4) is 11.1 Å². The van der Waals surface area contributed by atoms with Crippen molar-refractivity contribution < 1.29 is 9.18 Å². The third kappa shape index (κ3) is 3.93. The van der Waals surface area contributed by atoms with Crippen LogP contribution in [0.25, 0.3) is 11.1 Å². The van der Waals surface area contributed by atoms with Crippen LogP contribution in [-0.4, -0.2) is 12.1 Å². The molecule has 0 atom stereocenters.